The van der Waals surface area contributed by atoms with E-state index in [1.807, 2.05) is 12.1 Å². The highest BCUT2D eigenvalue weighted by Crippen LogP contribution is 2.41. The minimum absolute atomic E-state index is 0.340. The molecule has 0 amide bonds. The zero-order valence-corrected chi connectivity index (χ0v) is 16.5. The molecule has 2 heterocycles. The average Bonchev–Trinajstić information content (AvgIpc) is 3.27. The van der Waals surface area contributed by atoms with Crippen molar-refractivity contribution in [1.82, 2.24) is 9.37 Å². The lowest BCUT2D eigenvalue weighted by Gasteiger charge is -2.29. The second kappa shape index (κ2) is 9.45. The number of hydrogen-bond donors (Lipinski definition) is 6. The second-order valence-electron chi connectivity index (χ2n) is 6.92. The Balaban J connectivity index is 1.87. The van der Waals surface area contributed by atoms with E-state index in [9.17, 15) is 29.2 Å². The molecule has 12 heteroatoms. The van der Waals surface area contributed by atoms with Crippen LogP contribution >= 0.6 is 12.9 Å². The van der Waals surface area contributed by atoms with Gasteiger partial charge in [-0.25, -0.2) is 4.21 Å². The van der Waals surface area contributed by atoms with Gasteiger partial charge in [0, 0.05) is 12.9 Å². The smallest absolute Gasteiger partial charge is 0.235 e. The lowest BCUT2D eigenvalue weighted by atomic mass is 9.98. The van der Waals surface area contributed by atoms with Crippen molar-refractivity contribution in [3.05, 3.63) is 35.4 Å². The minimum Gasteiger partial charge on any atom is -0.367 e. The average molecular weight is 437 g/mol. The number of aliphatic hydroxyl groups is 4. The van der Waals surface area contributed by atoms with Crippen molar-refractivity contribution in [2.45, 2.75) is 62.4 Å². The number of hydroxylamine groups is 2. The van der Waals surface area contributed by atoms with Gasteiger partial charge in [-0.3, -0.25) is 4.55 Å². The molecule has 2 fully saturated rings. The van der Waals surface area contributed by atoms with Gasteiger partial charge in [-0.1, -0.05) is 24.3 Å². The van der Waals surface area contributed by atoms with E-state index in [0.29, 0.717) is 25.7 Å². The summed E-state index contributed by atoms with van der Waals surface area (Å²) in [5.74, 6) is 0. The van der Waals surface area contributed by atoms with E-state index in [1.165, 1.54) is 9.37 Å². The SMILES string of the molecule is O=S(O)N1[C@@H](c2cccc([C@H]3CC[C@@H](C(O)O)N3OOS)c2)CC[C@H]1C(O)O. The van der Waals surface area contributed by atoms with Crippen molar-refractivity contribution in [3.63, 3.8) is 0 Å². The van der Waals surface area contributed by atoms with Gasteiger partial charge in [0.2, 0.25) is 11.3 Å². The molecular weight excluding hydrogens is 412 g/mol. The molecule has 0 aliphatic carbocycles. The molecule has 0 radical (unpaired) electrons. The maximum atomic E-state index is 11.8. The molecule has 2 aliphatic heterocycles. The summed E-state index contributed by atoms with van der Waals surface area (Å²) in [5, 5.41) is 39.5. The normalized spacial score (nSPS) is 30.6. The van der Waals surface area contributed by atoms with Gasteiger partial charge >= 0.3 is 0 Å². The van der Waals surface area contributed by atoms with Crippen LogP contribution in [0.25, 0.3) is 0 Å². The standard InChI is InChI=1S/C16H24N2O8S2/c19-15(20)13-6-4-11(17(13)25-26-27)9-2-1-3-10(8-9)12-5-7-14(16(21)22)18(12)28(23)24/h1-3,8,11-16,19-22,27H,4-7H2,(H,23,24)/t11-,12-,13+,14+/m1/s1. The lowest BCUT2D eigenvalue weighted by Crippen LogP contribution is -2.41. The maximum Gasteiger partial charge on any atom is 0.235 e. The molecule has 1 aromatic rings. The Labute approximate surface area is 170 Å². The third-order valence-electron chi connectivity index (χ3n) is 5.41. The molecule has 2 saturated heterocycles. The first-order valence-electron chi connectivity index (χ1n) is 8.83. The van der Waals surface area contributed by atoms with Crippen LogP contribution in [0.2, 0.25) is 0 Å². The first-order valence-corrected chi connectivity index (χ1v) is 10.3. The summed E-state index contributed by atoms with van der Waals surface area (Å²) in [6.45, 7) is 0. The summed E-state index contributed by atoms with van der Waals surface area (Å²) in [6.07, 6.45) is -1.46. The third-order valence-corrected chi connectivity index (χ3v) is 6.36. The number of nitrogens with zero attached hydrogens (tertiary/aromatic N) is 2. The van der Waals surface area contributed by atoms with E-state index in [1.54, 1.807) is 12.1 Å². The Bertz CT molecular complexity index is 694. The minimum atomic E-state index is -2.37. The lowest BCUT2D eigenvalue weighted by molar-refractivity contribution is -0.390. The van der Waals surface area contributed by atoms with Crippen LogP contribution < -0.4 is 0 Å². The van der Waals surface area contributed by atoms with Crippen LogP contribution in [0.4, 0.5) is 0 Å². The molecule has 0 spiro atoms. The Hall–Kier alpha value is -0.640. The number of aliphatic hydroxyl groups excluding tert-OH is 2. The van der Waals surface area contributed by atoms with Crippen LogP contribution in [0.1, 0.15) is 48.9 Å². The fourth-order valence-electron chi connectivity index (χ4n) is 4.16. The van der Waals surface area contributed by atoms with E-state index in [2.05, 4.69) is 17.2 Å². The van der Waals surface area contributed by atoms with Gasteiger partial charge in [-0.05, 0) is 36.8 Å². The monoisotopic (exact) mass is 436 g/mol. The van der Waals surface area contributed by atoms with Crippen molar-refractivity contribution >= 4 is 24.2 Å². The summed E-state index contributed by atoms with van der Waals surface area (Å²) in [6, 6.07) is 4.92. The van der Waals surface area contributed by atoms with Crippen LogP contribution in [0, 0.1) is 0 Å². The van der Waals surface area contributed by atoms with Crippen molar-refractivity contribution < 1.29 is 38.5 Å². The summed E-state index contributed by atoms with van der Waals surface area (Å²) >= 11 is 1.20. The highest BCUT2D eigenvalue weighted by molar-refractivity contribution is 7.76. The van der Waals surface area contributed by atoms with Crippen LogP contribution in [0.15, 0.2) is 24.3 Å². The molecule has 5 N–H and O–H groups in total. The second-order valence-corrected chi connectivity index (χ2v) is 7.95. The van der Waals surface area contributed by atoms with Crippen LogP contribution in [0.3, 0.4) is 0 Å². The van der Waals surface area contributed by atoms with Crippen molar-refractivity contribution in [1.29, 1.82) is 0 Å². The molecule has 2 aliphatic rings. The molecule has 158 valence electrons. The van der Waals surface area contributed by atoms with Gasteiger partial charge in [0.25, 0.3) is 0 Å². The van der Waals surface area contributed by atoms with Gasteiger partial charge < -0.3 is 20.4 Å². The molecule has 1 aromatic carbocycles. The molecule has 0 bridgehead atoms. The molecule has 28 heavy (non-hydrogen) atoms. The Morgan fingerprint density at radius 3 is 2.14 bits per heavy atom. The van der Waals surface area contributed by atoms with E-state index in [4.69, 9.17) is 4.99 Å². The Morgan fingerprint density at radius 1 is 1.00 bits per heavy atom. The van der Waals surface area contributed by atoms with Gasteiger partial charge in [0.05, 0.1) is 24.2 Å². The summed E-state index contributed by atoms with van der Waals surface area (Å²) in [5.41, 5.74) is 1.53. The van der Waals surface area contributed by atoms with Gasteiger partial charge in [0.1, 0.15) is 0 Å². The predicted octanol–water partition coefficient (Wildman–Crippen LogP) is 0.164. The highest BCUT2D eigenvalue weighted by atomic mass is 32.2. The Kier molecular flexibility index (Phi) is 7.44. The van der Waals surface area contributed by atoms with Crippen molar-refractivity contribution in [2.75, 3.05) is 0 Å². The number of thiol groups is 1. The summed E-state index contributed by atoms with van der Waals surface area (Å²) < 4.78 is 27.1. The maximum absolute atomic E-state index is 11.8. The van der Waals surface area contributed by atoms with Crippen molar-refractivity contribution in [3.8, 4) is 0 Å². The number of hydrogen-bond acceptors (Lipinski definition) is 9. The fourth-order valence-corrected chi connectivity index (χ4v) is 5.13. The molecule has 1 unspecified atom stereocenters. The molecule has 0 saturated carbocycles. The zero-order valence-electron chi connectivity index (χ0n) is 14.8. The molecule has 5 atom stereocenters. The predicted molar refractivity (Wildman–Crippen MR) is 100 cm³/mol. The van der Waals surface area contributed by atoms with E-state index >= 15 is 0 Å². The first kappa shape index (κ1) is 22.1. The number of benzene rings is 1. The molecule has 10 nitrogen and oxygen atoms in total. The van der Waals surface area contributed by atoms with Crippen LogP contribution in [-0.4, -0.2) is 63.2 Å². The molecule has 0 aromatic heterocycles. The topological polar surface area (TPSA) is 143 Å². The quantitative estimate of drug-likeness (QED) is 0.0880. The highest BCUT2D eigenvalue weighted by Gasteiger charge is 2.43. The zero-order chi connectivity index (χ0) is 20.4. The van der Waals surface area contributed by atoms with Gasteiger partial charge in [-0.15, -0.1) is 14.4 Å². The largest absolute Gasteiger partial charge is 0.367 e. The first-order chi connectivity index (χ1) is 13.3. The summed E-state index contributed by atoms with van der Waals surface area (Å²) in [4.78, 5) is 5.03. The molecule has 3 rings (SSSR count). The summed E-state index contributed by atoms with van der Waals surface area (Å²) in [7, 11) is 0. The molecular formula is C16H24N2O8S2. The van der Waals surface area contributed by atoms with Crippen molar-refractivity contribution in [2.24, 2.45) is 0 Å². The van der Waals surface area contributed by atoms with E-state index < -0.39 is 42.0 Å². The number of rotatable bonds is 7. The Morgan fingerprint density at radius 2 is 1.57 bits per heavy atom. The van der Waals surface area contributed by atoms with Crippen LogP contribution in [0.5, 0.6) is 0 Å². The third kappa shape index (κ3) is 4.42. The van der Waals surface area contributed by atoms with E-state index in [0.717, 1.165) is 11.1 Å². The van der Waals surface area contributed by atoms with Crippen LogP contribution in [-0.2, 0) is 20.6 Å². The van der Waals surface area contributed by atoms with E-state index in [-0.39, 0.29) is 6.04 Å². The fraction of sp³-hybridized carbons (Fsp3) is 0.625. The van der Waals surface area contributed by atoms with Gasteiger partial charge in [-0.2, -0.15) is 4.31 Å². The van der Waals surface area contributed by atoms with Gasteiger partial charge in [0.15, 0.2) is 12.6 Å².